The molecular formula is C11H14O6S. The molecule has 0 radical (unpaired) electrons. The molecule has 0 amide bonds. The summed E-state index contributed by atoms with van der Waals surface area (Å²) in [6.07, 6.45) is 0. The Morgan fingerprint density at radius 2 is 1.67 bits per heavy atom. The Hall–Kier alpha value is -1.76. The molecule has 1 N–H and O–H groups in total. The highest BCUT2D eigenvalue weighted by Gasteiger charge is 2.17. The minimum absolute atomic E-state index is 0.368. The second kappa shape index (κ2) is 5.72. The normalized spacial score (nSPS) is 11.0. The van der Waals surface area contributed by atoms with Crippen LogP contribution in [0.1, 0.15) is 5.56 Å². The number of carboxylic acids is 1. The van der Waals surface area contributed by atoms with Crippen LogP contribution in [0.5, 0.6) is 11.5 Å². The number of methoxy groups -OCH3 is 2. The number of hydrogen-bond donors (Lipinski definition) is 1. The highest BCUT2D eigenvalue weighted by Crippen LogP contribution is 2.23. The summed E-state index contributed by atoms with van der Waals surface area (Å²) in [6.45, 7) is 0. The van der Waals surface area contributed by atoms with Crippen molar-refractivity contribution in [2.75, 3.05) is 20.0 Å². The minimum Gasteiger partial charge on any atom is -0.497 e. The highest BCUT2D eigenvalue weighted by atomic mass is 32.2. The Labute approximate surface area is 105 Å². The molecule has 0 aromatic heterocycles. The van der Waals surface area contributed by atoms with E-state index in [0.29, 0.717) is 17.1 Å². The van der Waals surface area contributed by atoms with Gasteiger partial charge >= 0.3 is 5.97 Å². The smallest absolute Gasteiger partial charge is 0.318 e. The number of rotatable bonds is 6. The Kier molecular flexibility index (Phi) is 4.55. The van der Waals surface area contributed by atoms with E-state index in [1.165, 1.54) is 26.4 Å². The van der Waals surface area contributed by atoms with Gasteiger partial charge < -0.3 is 14.6 Å². The maximum Gasteiger partial charge on any atom is 0.318 e. The number of hydrogen-bond acceptors (Lipinski definition) is 5. The molecule has 1 rings (SSSR count). The maximum atomic E-state index is 11.5. The first-order valence-electron chi connectivity index (χ1n) is 5.00. The molecule has 18 heavy (non-hydrogen) atoms. The van der Waals surface area contributed by atoms with Crippen LogP contribution in [0.4, 0.5) is 0 Å². The lowest BCUT2D eigenvalue weighted by Gasteiger charge is -2.08. The van der Waals surface area contributed by atoms with Gasteiger partial charge in [0.25, 0.3) is 0 Å². The van der Waals surface area contributed by atoms with Gasteiger partial charge in [-0.3, -0.25) is 4.79 Å². The SMILES string of the molecule is COc1cc(CS(=O)(=O)CC(=O)O)cc(OC)c1. The van der Waals surface area contributed by atoms with E-state index >= 15 is 0 Å². The van der Waals surface area contributed by atoms with Gasteiger partial charge in [0.2, 0.25) is 0 Å². The molecule has 0 fully saturated rings. The molecule has 0 unspecified atom stereocenters. The van der Waals surface area contributed by atoms with E-state index in [9.17, 15) is 13.2 Å². The van der Waals surface area contributed by atoms with E-state index < -0.39 is 21.6 Å². The summed E-state index contributed by atoms with van der Waals surface area (Å²) in [7, 11) is -0.797. The van der Waals surface area contributed by atoms with Gasteiger partial charge in [0.15, 0.2) is 9.84 Å². The van der Waals surface area contributed by atoms with Crippen LogP contribution in [0.25, 0.3) is 0 Å². The lowest BCUT2D eigenvalue weighted by Crippen LogP contribution is -2.17. The minimum atomic E-state index is -3.69. The third kappa shape index (κ3) is 4.25. The molecule has 6 nitrogen and oxygen atoms in total. The summed E-state index contributed by atoms with van der Waals surface area (Å²) < 4.78 is 33.1. The van der Waals surface area contributed by atoms with Crippen LogP contribution < -0.4 is 9.47 Å². The summed E-state index contributed by atoms with van der Waals surface area (Å²) in [6, 6.07) is 4.66. The Morgan fingerprint density at radius 1 is 1.17 bits per heavy atom. The zero-order chi connectivity index (χ0) is 13.8. The van der Waals surface area contributed by atoms with E-state index in [0.717, 1.165) is 0 Å². The van der Waals surface area contributed by atoms with Gasteiger partial charge in [0.1, 0.15) is 17.3 Å². The van der Waals surface area contributed by atoms with Crippen molar-refractivity contribution < 1.29 is 27.8 Å². The predicted octanol–water partition coefficient (Wildman–Crippen LogP) is 0.703. The van der Waals surface area contributed by atoms with E-state index in [1.807, 2.05) is 0 Å². The van der Waals surface area contributed by atoms with Crippen LogP contribution in [0.15, 0.2) is 18.2 Å². The van der Waals surface area contributed by atoms with E-state index in [1.54, 1.807) is 6.07 Å². The van der Waals surface area contributed by atoms with Crippen molar-refractivity contribution in [2.24, 2.45) is 0 Å². The fourth-order valence-electron chi connectivity index (χ4n) is 1.44. The van der Waals surface area contributed by atoms with Crippen molar-refractivity contribution in [2.45, 2.75) is 5.75 Å². The van der Waals surface area contributed by atoms with Crippen molar-refractivity contribution in [1.82, 2.24) is 0 Å². The molecule has 7 heteroatoms. The van der Waals surface area contributed by atoms with Gasteiger partial charge in [0, 0.05) is 6.07 Å². The standard InChI is InChI=1S/C11H14O6S/c1-16-9-3-8(4-10(5-9)17-2)6-18(14,15)7-11(12)13/h3-5H,6-7H2,1-2H3,(H,12,13). The van der Waals surface area contributed by atoms with Crippen LogP contribution in [-0.2, 0) is 20.4 Å². The fraction of sp³-hybridized carbons (Fsp3) is 0.364. The zero-order valence-corrected chi connectivity index (χ0v) is 10.9. The van der Waals surface area contributed by atoms with Crippen LogP contribution in [0, 0.1) is 0 Å². The molecule has 0 spiro atoms. The first-order valence-corrected chi connectivity index (χ1v) is 6.82. The molecule has 0 bridgehead atoms. The molecule has 0 saturated heterocycles. The largest absolute Gasteiger partial charge is 0.497 e. The highest BCUT2D eigenvalue weighted by molar-refractivity contribution is 7.91. The molecule has 0 aliphatic rings. The molecule has 1 aromatic carbocycles. The number of benzene rings is 1. The van der Waals surface area contributed by atoms with Gasteiger partial charge in [-0.25, -0.2) is 8.42 Å². The molecule has 0 atom stereocenters. The summed E-state index contributed by atoms with van der Waals surface area (Å²) in [5, 5.41) is 8.50. The quantitative estimate of drug-likeness (QED) is 0.821. The van der Waals surface area contributed by atoms with Crippen molar-refractivity contribution in [3.63, 3.8) is 0 Å². The lowest BCUT2D eigenvalue weighted by molar-refractivity contribution is -0.134. The Morgan fingerprint density at radius 3 is 2.06 bits per heavy atom. The second-order valence-corrected chi connectivity index (χ2v) is 5.71. The first kappa shape index (κ1) is 14.3. The third-order valence-electron chi connectivity index (χ3n) is 2.14. The zero-order valence-electron chi connectivity index (χ0n) is 10.0. The van der Waals surface area contributed by atoms with Gasteiger partial charge in [-0.15, -0.1) is 0 Å². The monoisotopic (exact) mass is 274 g/mol. The van der Waals surface area contributed by atoms with Crippen molar-refractivity contribution >= 4 is 15.8 Å². The molecule has 0 aliphatic heterocycles. The number of ether oxygens (including phenoxy) is 2. The molecule has 1 aromatic rings. The average molecular weight is 274 g/mol. The summed E-state index contributed by atoms with van der Waals surface area (Å²) in [5.74, 6) is -1.73. The number of carbonyl (C=O) groups is 1. The first-order chi connectivity index (χ1) is 8.36. The molecule has 0 heterocycles. The molecular weight excluding hydrogens is 260 g/mol. The lowest BCUT2D eigenvalue weighted by atomic mass is 10.2. The van der Waals surface area contributed by atoms with E-state index in [-0.39, 0.29) is 5.75 Å². The fourth-order valence-corrected chi connectivity index (χ4v) is 2.60. The van der Waals surface area contributed by atoms with E-state index in [2.05, 4.69) is 0 Å². The molecule has 0 saturated carbocycles. The van der Waals surface area contributed by atoms with Crippen LogP contribution in [-0.4, -0.2) is 39.5 Å². The Balaban J connectivity index is 3.00. The summed E-state index contributed by atoms with van der Waals surface area (Å²) >= 11 is 0. The van der Waals surface area contributed by atoms with Gasteiger partial charge in [-0.1, -0.05) is 0 Å². The number of aliphatic carboxylic acids is 1. The average Bonchev–Trinajstić information content (AvgIpc) is 2.25. The summed E-state index contributed by atoms with van der Waals surface area (Å²) in [4.78, 5) is 10.4. The second-order valence-electron chi connectivity index (χ2n) is 3.65. The Bertz CT molecular complexity index is 512. The number of sulfone groups is 1. The number of carboxylic acid groups (broad SMARTS) is 1. The van der Waals surface area contributed by atoms with Crippen LogP contribution >= 0.6 is 0 Å². The summed E-state index contributed by atoms with van der Waals surface area (Å²) in [5.41, 5.74) is 0.424. The molecule has 0 aliphatic carbocycles. The van der Waals surface area contributed by atoms with E-state index in [4.69, 9.17) is 14.6 Å². The molecule has 100 valence electrons. The van der Waals surface area contributed by atoms with Crippen molar-refractivity contribution in [3.05, 3.63) is 23.8 Å². The topological polar surface area (TPSA) is 89.9 Å². The third-order valence-corrected chi connectivity index (χ3v) is 3.60. The van der Waals surface area contributed by atoms with Crippen LogP contribution in [0.2, 0.25) is 0 Å². The van der Waals surface area contributed by atoms with Crippen molar-refractivity contribution in [3.8, 4) is 11.5 Å². The van der Waals surface area contributed by atoms with Gasteiger partial charge in [0.05, 0.1) is 20.0 Å². The predicted molar refractivity (Wildman–Crippen MR) is 64.7 cm³/mol. The van der Waals surface area contributed by atoms with Crippen LogP contribution in [0.3, 0.4) is 0 Å². The van der Waals surface area contributed by atoms with Gasteiger partial charge in [-0.2, -0.15) is 0 Å². The van der Waals surface area contributed by atoms with Crippen molar-refractivity contribution in [1.29, 1.82) is 0 Å². The van der Waals surface area contributed by atoms with Gasteiger partial charge in [-0.05, 0) is 17.7 Å². The maximum absolute atomic E-state index is 11.5.